The molecule has 7 heteroatoms. The molecule has 0 spiro atoms. The first-order valence-electron chi connectivity index (χ1n) is 12.5. The third-order valence-corrected chi connectivity index (χ3v) is 6.93. The summed E-state index contributed by atoms with van der Waals surface area (Å²) in [5, 5.41) is 3.19. The fourth-order valence-corrected chi connectivity index (χ4v) is 5.09. The molecule has 6 nitrogen and oxygen atoms in total. The highest BCUT2D eigenvalue weighted by atomic mass is 19.1. The predicted octanol–water partition coefficient (Wildman–Crippen LogP) is 5.13. The number of aromatic nitrogens is 1. The zero-order valence-corrected chi connectivity index (χ0v) is 20.6. The minimum atomic E-state index is -0.694. The van der Waals surface area contributed by atoms with E-state index in [9.17, 15) is 14.4 Å². The lowest BCUT2D eigenvalue weighted by atomic mass is 9.99. The van der Waals surface area contributed by atoms with E-state index in [1.165, 1.54) is 16.7 Å². The Bertz CT molecular complexity index is 1520. The molecule has 2 heterocycles. The van der Waals surface area contributed by atoms with Crippen LogP contribution in [0.15, 0.2) is 83.7 Å². The van der Waals surface area contributed by atoms with Gasteiger partial charge in [-0.15, -0.1) is 0 Å². The van der Waals surface area contributed by atoms with Gasteiger partial charge in [0.25, 0.3) is 11.5 Å². The van der Waals surface area contributed by atoms with E-state index in [4.69, 9.17) is 0 Å². The van der Waals surface area contributed by atoms with Gasteiger partial charge in [-0.1, -0.05) is 67.6 Å². The van der Waals surface area contributed by atoms with E-state index in [2.05, 4.69) is 5.32 Å². The lowest BCUT2D eigenvalue weighted by Gasteiger charge is -2.25. The molecule has 4 aromatic rings. The van der Waals surface area contributed by atoms with Gasteiger partial charge in [-0.25, -0.2) is 4.39 Å². The van der Waals surface area contributed by atoms with Crippen molar-refractivity contribution < 1.29 is 14.0 Å². The number of halogens is 1. The van der Waals surface area contributed by atoms with Crippen molar-refractivity contribution in [1.29, 1.82) is 0 Å². The van der Waals surface area contributed by atoms with Crippen molar-refractivity contribution in [3.05, 3.63) is 112 Å². The van der Waals surface area contributed by atoms with Crippen LogP contribution in [-0.2, 0) is 11.3 Å². The van der Waals surface area contributed by atoms with Gasteiger partial charge in [0.15, 0.2) is 0 Å². The first-order valence-corrected chi connectivity index (χ1v) is 12.5. The summed E-state index contributed by atoms with van der Waals surface area (Å²) < 4.78 is 16.6. The molecule has 1 aliphatic rings. The second-order valence-electron chi connectivity index (χ2n) is 9.22. The molecule has 0 aliphatic carbocycles. The molecule has 188 valence electrons. The van der Waals surface area contributed by atoms with Crippen LogP contribution in [0.4, 0.5) is 4.39 Å². The number of carbonyl (C=O) groups excluding carboxylic acids is 2. The molecule has 0 radical (unpaired) electrons. The highest BCUT2D eigenvalue weighted by molar-refractivity contribution is 6.08. The van der Waals surface area contributed by atoms with Crippen molar-refractivity contribution in [3.63, 3.8) is 0 Å². The van der Waals surface area contributed by atoms with Crippen LogP contribution in [0.5, 0.6) is 0 Å². The Hall–Kier alpha value is -4.26. The van der Waals surface area contributed by atoms with E-state index < -0.39 is 17.3 Å². The first-order chi connectivity index (χ1) is 18.0. The average Bonchev–Trinajstić information content (AvgIpc) is 3.32. The van der Waals surface area contributed by atoms with Crippen LogP contribution in [-0.4, -0.2) is 27.8 Å². The normalized spacial score (nSPS) is 14.2. The van der Waals surface area contributed by atoms with E-state index in [-0.39, 0.29) is 34.8 Å². The molecule has 3 aromatic carbocycles. The topological polar surface area (TPSA) is 71.4 Å². The van der Waals surface area contributed by atoms with Gasteiger partial charge in [0, 0.05) is 24.0 Å². The minimum absolute atomic E-state index is 0.0338. The van der Waals surface area contributed by atoms with E-state index >= 15 is 4.39 Å². The number of pyridine rings is 1. The largest absolute Gasteiger partial charge is 0.345 e. The van der Waals surface area contributed by atoms with Crippen molar-refractivity contribution in [1.82, 2.24) is 14.8 Å². The molecule has 1 saturated heterocycles. The number of hydrogen-bond donors (Lipinski definition) is 1. The number of nitrogens with zero attached hydrogens (tertiary/aromatic N) is 2. The quantitative estimate of drug-likeness (QED) is 0.385. The monoisotopic (exact) mass is 497 g/mol. The predicted molar refractivity (Wildman–Crippen MR) is 141 cm³/mol. The second kappa shape index (κ2) is 10.4. The van der Waals surface area contributed by atoms with Gasteiger partial charge in [-0.05, 0) is 36.6 Å². The Labute approximate surface area is 214 Å². The van der Waals surface area contributed by atoms with E-state index in [0.29, 0.717) is 37.2 Å². The van der Waals surface area contributed by atoms with E-state index in [1.807, 2.05) is 43.3 Å². The number of benzene rings is 3. The summed E-state index contributed by atoms with van der Waals surface area (Å²) in [6, 6.07) is 22.5. The molecule has 0 bridgehead atoms. The summed E-state index contributed by atoms with van der Waals surface area (Å²) in [4.78, 5) is 42.1. The Kier molecular flexibility index (Phi) is 6.86. The van der Waals surface area contributed by atoms with Gasteiger partial charge in [0.1, 0.15) is 5.82 Å². The second-order valence-corrected chi connectivity index (χ2v) is 9.22. The van der Waals surface area contributed by atoms with Crippen LogP contribution in [0.25, 0.3) is 16.5 Å². The Morgan fingerprint density at radius 1 is 0.973 bits per heavy atom. The average molecular weight is 498 g/mol. The summed E-state index contributed by atoms with van der Waals surface area (Å²) in [5.41, 5.74) is 1.45. The summed E-state index contributed by atoms with van der Waals surface area (Å²) in [6.07, 6.45) is 1.77. The van der Waals surface area contributed by atoms with Crippen molar-refractivity contribution in [2.24, 2.45) is 0 Å². The molecule has 1 aromatic heterocycles. The van der Waals surface area contributed by atoms with Crippen LogP contribution < -0.4 is 10.9 Å². The van der Waals surface area contributed by atoms with Gasteiger partial charge in [0.2, 0.25) is 5.91 Å². The summed E-state index contributed by atoms with van der Waals surface area (Å²) in [7, 11) is 0. The van der Waals surface area contributed by atoms with Gasteiger partial charge in [0.05, 0.1) is 29.2 Å². The van der Waals surface area contributed by atoms with E-state index in [0.717, 1.165) is 5.56 Å². The van der Waals surface area contributed by atoms with Gasteiger partial charge in [-0.3, -0.25) is 19.0 Å². The Balaban J connectivity index is 1.76. The van der Waals surface area contributed by atoms with Gasteiger partial charge >= 0.3 is 0 Å². The highest BCUT2D eigenvalue weighted by Crippen LogP contribution is 2.28. The van der Waals surface area contributed by atoms with Crippen LogP contribution in [0.1, 0.15) is 53.8 Å². The fraction of sp³-hybridized carbons (Fsp3) is 0.233. The summed E-state index contributed by atoms with van der Waals surface area (Å²) in [6.45, 7) is 2.58. The number of nitrogens with one attached hydrogen (secondary N) is 1. The summed E-state index contributed by atoms with van der Waals surface area (Å²) >= 11 is 0. The van der Waals surface area contributed by atoms with Gasteiger partial charge < -0.3 is 10.2 Å². The molecule has 2 amide bonds. The third kappa shape index (κ3) is 4.65. The van der Waals surface area contributed by atoms with E-state index in [1.54, 1.807) is 35.2 Å². The number of hydrogen-bond acceptors (Lipinski definition) is 3. The SMILES string of the molecule is CC[C@H](NC(=O)c1c(CN2CCCC2=O)n(-c2ccccc2)c(=O)c2c(F)cccc12)c1ccccc1. The van der Waals surface area contributed by atoms with Crippen molar-refractivity contribution in [3.8, 4) is 5.69 Å². The van der Waals surface area contributed by atoms with Gasteiger partial charge in [-0.2, -0.15) is 0 Å². The maximum atomic E-state index is 15.2. The third-order valence-electron chi connectivity index (χ3n) is 6.93. The van der Waals surface area contributed by atoms with Crippen LogP contribution in [0, 0.1) is 5.82 Å². The smallest absolute Gasteiger partial charge is 0.266 e. The maximum absolute atomic E-state index is 15.2. The fourth-order valence-electron chi connectivity index (χ4n) is 5.09. The van der Waals surface area contributed by atoms with Crippen LogP contribution >= 0.6 is 0 Å². The molecule has 1 fully saturated rings. The van der Waals surface area contributed by atoms with Crippen molar-refractivity contribution in [2.45, 2.75) is 38.8 Å². The van der Waals surface area contributed by atoms with Crippen LogP contribution in [0.3, 0.4) is 0 Å². The number of rotatable bonds is 7. The molecule has 5 rings (SSSR count). The van der Waals surface area contributed by atoms with Crippen molar-refractivity contribution >= 4 is 22.6 Å². The Morgan fingerprint density at radius 3 is 2.32 bits per heavy atom. The maximum Gasteiger partial charge on any atom is 0.266 e. The molecule has 1 N–H and O–H groups in total. The molecular weight excluding hydrogens is 469 g/mol. The first kappa shape index (κ1) is 24.4. The molecular formula is C30H28FN3O3. The molecule has 0 saturated carbocycles. The number of fused-ring (bicyclic) bond motifs is 1. The number of para-hydroxylation sites is 1. The van der Waals surface area contributed by atoms with Crippen LogP contribution in [0.2, 0.25) is 0 Å². The molecule has 0 unspecified atom stereocenters. The minimum Gasteiger partial charge on any atom is -0.345 e. The molecule has 1 aliphatic heterocycles. The molecule has 1 atom stereocenters. The zero-order valence-electron chi connectivity index (χ0n) is 20.6. The summed E-state index contributed by atoms with van der Waals surface area (Å²) in [5.74, 6) is -1.15. The number of likely N-dealkylation sites (tertiary alicyclic amines) is 1. The molecule has 37 heavy (non-hydrogen) atoms. The number of amides is 2. The highest BCUT2D eigenvalue weighted by Gasteiger charge is 2.29. The number of carbonyl (C=O) groups is 2. The lowest BCUT2D eigenvalue weighted by molar-refractivity contribution is -0.128. The lowest BCUT2D eigenvalue weighted by Crippen LogP contribution is -2.36. The zero-order chi connectivity index (χ0) is 25.9. The Morgan fingerprint density at radius 2 is 1.68 bits per heavy atom. The standard InChI is InChI=1S/C30H28FN3O3/c1-2-24(20-11-5-3-6-12-20)32-29(36)28-22-15-9-16-23(31)27(22)30(37)34(21-13-7-4-8-14-21)25(28)19-33-18-10-17-26(33)35/h3-9,11-16,24H,2,10,17-19H2,1H3,(H,32,36)/t24-/m0/s1. The van der Waals surface area contributed by atoms with Crippen molar-refractivity contribution in [2.75, 3.05) is 6.54 Å².